The zero-order valence-electron chi connectivity index (χ0n) is 19.5. The van der Waals surface area contributed by atoms with Gasteiger partial charge in [0.2, 0.25) is 5.78 Å². The second-order valence-electron chi connectivity index (χ2n) is 8.93. The fourth-order valence-electron chi connectivity index (χ4n) is 5.02. The highest BCUT2D eigenvalue weighted by atomic mass is 16.5. The maximum atomic E-state index is 13.4. The fraction of sp³-hybridized carbons (Fsp3) is 0.370. The number of benzene rings is 2. The van der Waals surface area contributed by atoms with E-state index in [1.54, 1.807) is 13.2 Å². The molecule has 0 bridgehead atoms. The number of nitrogens with zero attached hydrogens (tertiary/aromatic N) is 2. The van der Waals surface area contributed by atoms with E-state index in [1.165, 1.54) is 6.42 Å². The van der Waals surface area contributed by atoms with Crippen LogP contribution in [0, 0.1) is 6.92 Å². The lowest BCUT2D eigenvalue weighted by Gasteiger charge is -2.27. The number of aromatic nitrogens is 1. The number of ketones is 1. The lowest BCUT2D eigenvalue weighted by Crippen LogP contribution is -2.29. The molecule has 6 nitrogen and oxygen atoms in total. The molecule has 0 atom stereocenters. The van der Waals surface area contributed by atoms with E-state index < -0.39 is 0 Å². The number of methoxy groups -OCH3 is 1. The van der Waals surface area contributed by atoms with Gasteiger partial charge in [0.1, 0.15) is 17.2 Å². The van der Waals surface area contributed by atoms with Crippen LogP contribution in [0.1, 0.15) is 53.2 Å². The minimum absolute atomic E-state index is 0.136. The van der Waals surface area contributed by atoms with Crippen molar-refractivity contribution in [3.8, 4) is 17.2 Å². The molecule has 0 saturated carbocycles. The van der Waals surface area contributed by atoms with E-state index >= 15 is 0 Å². The zero-order valence-corrected chi connectivity index (χ0v) is 19.5. The monoisotopic (exact) mass is 446 g/mol. The molecule has 3 heterocycles. The summed E-state index contributed by atoms with van der Waals surface area (Å²) in [6.45, 7) is 7.33. The number of aryl methyl sites for hydroxylation is 2. The number of phenolic OH excluding ortho intramolecular Hbond substituents is 1. The SMILES string of the molecule is CCn1cc(/C=C2\Oc3c(CN4CCCCC4)c(O)cc(C)c3C2=O)c2cc(OC)ccc21. The van der Waals surface area contributed by atoms with Crippen molar-refractivity contribution in [2.75, 3.05) is 20.2 Å². The summed E-state index contributed by atoms with van der Waals surface area (Å²) in [6.07, 6.45) is 7.41. The molecule has 2 aliphatic rings. The number of carbonyl (C=O) groups excluding carboxylic acids is 1. The number of Topliss-reactive ketones (excluding diaryl/α,β-unsaturated/α-hetero) is 1. The van der Waals surface area contributed by atoms with Gasteiger partial charge in [-0.15, -0.1) is 0 Å². The Hall–Kier alpha value is -3.25. The Morgan fingerprint density at radius 2 is 1.97 bits per heavy atom. The van der Waals surface area contributed by atoms with Crippen molar-refractivity contribution >= 4 is 22.8 Å². The van der Waals surface area contributed by atoms with Gasteiger partial charge in [-0.3, -0.25) is 9.69 Å². The van der Waals surface area contributed by atoms with Crippen LogP contribution in [0.3, 0.4) is 0 Å². The number of rotatable bonds is 5. The first-order valence-electron chi connectivity index (χ1n) is 11.7. The molecule has 1 aromatic heterocycles. The minimum atomic E-state index is -0.136. The van der Waals surface area contributed by atoms with Gasteiger partial charge < -0.3 is 19.1 Å². The van der Waals surface area contributed by atoms with Gasteiger partial charge in [-0.1, -0.05) is 6.42 Å². The fourth-order valence-corrected chi connectivity index (χ4v) is 5.02. The standard InChI is InChI=1S/C27H30N2O4/c1-4-29-15-18(20-14-19(32-3)8-9-22(20)29)13-24-26(31)25-17(2)12-23(30)21(27(25)33-24)16-28-10-6-5-7-11-28/h8-9,12-15,30H,4-7,10-11,16H2,1-3H3/b24-13-. The highest BCUT2D eigenvalue weighted by molar-refractivity contribution is 6.16. The molecule has 0 amide bonds. The summed E-state index contributed by atoms with van der Waals surface area (Å²) < 4.78 is 13.8. The van der Waals surface area contributed by atoms with Crippen LogP contribution in [0.25, 0.3) is 17.0 Å². The molecular formula is C27H30N2O4. The normalized spacial score (nSPS) is 17.5. The number of aromatic hydroxyl groups is 1. The van der Waals surface area contributed by atoms with E-state index in [0.717, 1.165) is 60.3 Å². The van der Waals surface area contributed by atoms with Gasteiger partial charge in [0.25, 0.3) is 0 Å². The predicted octanol–water partition coefficient (Wildman–Crippen LogP) is 5.29. The summed E-state index contributed by atoms with van der Waals surface area (Å²) in [4.78, 5) is 15.7. The van der Waals surface area contributed by atoms with Crippen LogP contribution in [0.5, 0.6) is 17.2 Å². The van der Waals surface area contributed by atoms with Gasteiger partial charge in [0.15, 0.2) is 5.76 Å². The molecule has 33 heavy (non-hydrogen) atoms. The summed E-state index contributed by atoms with van der Waals surface area (Å²) in [5.41, 5.74) is 3.97. The summed E-state index contributed by atoms with van der Waals surface area (Å²) in [5.74, 6) is 1.62. The number of likely N-dealkylation sites (tertiary alicyclic amines) is 1. The van der Waals surface area contributed by atoms with Crippen LogP contribution in [0.15, 0.2) is 36.2 Å². The van der Waals surface area contributed by atoms with E-state index in [-0.39, 0.29) is 17.3 Å². The lowest BCUT2D eigenvalue weighted by atomic mass is 9.98. The largest absolute Gasteiger partial charge is 0.507 e. The van der Waals surface area contributed by atoms with E-state index in [2.05, 4.69) is 16.4 Å². The number of piperidine rings is 1. The van der Waals surface area contributed by atoms with Crippen molar-refractivity contribution in [2.24, 2.45) is 0 Å². The van der Waals surface area contributed by atoms with Crippen LogP contribution >= 0.6 is 0 Å². The Kier molecular flexibility index (Phi) is 5.62. The minimum Gasteiger partial charge on any atom is -0.507 e. The summed E-state index contributed by atoms with van der Waals surface area (Å²) in [6, 6.07) is 7.65. The van der Waals surface area contributed by atoms with Gasteiger partial charge in [-0.05, 0) is 75.7 Å². The molecule has 172 valence electrons. The molecule has 0 aliphatic carbocycles. The molecular weight excluding hydrogens is 416 g/mol. The number of carbonyl (C=O) groups is 1. The number of phenols is 1. The van der Waals surface area contributed by atoms with Gasteiger partial charge in [0.05, 0.1) is 18.2 Å². The lowest BCUT2D eigenvalue weighted by molar-refractivity contribution is 0.101. The first kappa shape index (κ1) is 21.6. The van der Waals surface area contributed by atoms with Crippen LogP contribution in [0.4, 0.5) is 0 Å². The van der Waals surface area contributed by atoms with Crippen LogP contribution in [-0.2, 0) is 13.1 Å². The first-order valence-corrected chi connectivity index (χ1v) is 11.7. The molecule has 0 radical (unpaired) electrons. The van der Waals surface area contributed by atoms with Crippen molar-refractivity contribution in [3.05, 3.63) is 58.5 Å². The van der Waals surface area contributed by atoms with E-state index in [4.69, 9.17) is 9.47 Å². The molecule has 2 aliphatic heterocycles. The highest BCUT2D eigenvalue weighted by Gasteiger charge is 2.34. The summed E-state index contributed by atoms with van der Waals surface area (Å²) in [5, 5.41) is 11.7. The molecule has 0 spiro atoms. The molecule has 0 unspecified atom stereocenters. The van der Waals surface area contributed by atoms with Crippen molar-refractivity contribution in [1.82, 2.24) is 9.47 Å². The molecule has 5 rings (SSSR count). The maximum absolute atomic E-state index is 13.4. The van der Waals surface area contributed by atoms with Crippen molar-refractivity contribution in [3.63, 3.8) is 0 Å². The first-order chi connectivity index (χ1) is 16.0. The molecule has 6 heteroatoms. The van der Waals surface area contributed by atoms with Crippen molar-refractivity contribution in [1.29, 1.82) is 0 Å². The molecule has 1 fully saturated rings. The Balaban J connectivity index is 1.56. The average molecular weight is 447 g/mol. The predicted molar refractivity (Wildman–Crippen MR) is 129 cm³/mol. The van der Waals surface area contributed by atoms with E-state index in [1.807, 2.05) is 37.4 Å². The Labute approximate surface area is 194 Å². The highest BCUT2D eigenvalue weighted by Crippen LogP contribution is 2.43. The molecule has 1 saturated heterocycles. The smallest absolute Gasteiger partial charge is 0.232 e. The topological polar surface area (TPSA) is 63.9 Å². The zero-order chi connectivity index (χ0) is 23.1. The number of hydrogen-bond donors (Lipinski definition) is 1. The molecule has 2 aromatic carbocycles. The van der Waals surface area contributed by atoms with Gasteiger partial charge in [-0.2, -0.15) is 0 Å². The van der Waals surface area contributed by atoms with Crippen LogP contribution < -0.4 is 9.47 Å². The second kappa shape index (κ2) is 8.60. The van der Waals surface area contributed by atoms with Gasteiger partial charge in [0, 0.05) is 35.8 Å². The number of fused-ring (bicyclic) bond motifs is 2. The number of hydrogen-bond acceptors (Lipinski definition) is 5. The molecule has 3 aromatic rings. The van der Waals surface area contributed by atoms with E-state index in [9.17, 15) is 9.90 Å². The van der Waals surface area contributed by atoms with E-state index in [0.29, 0.717) is 23.4 Å². The Morgan fingerprint density at radius 3 is 2.70 bits per heavy atom. The summed E-state index contributed by atoms with van der Waals surface area (Å²) in [7, 11) is 1.65. The van der Waals surface area contributed by atoms with Crippen LogP contribution in [-0.4, -0.2) is 40.6 Å². The molecule has 1 N–H and O–H groups in total. The second-order valence-corrected chi connectivity index (χ2v) is 8.93. The summed E-state index contributed by atoms with van der Waals surface area (Å²) >= 11 is 0. The Bertz CT molecular complexity index is 1270. The van der Waals surface area contributed by atoms with Gasteiger partial charge in [-0.25, -0.2) is 0 Å². The Morgan fingerprint density at radius 1 is 1.18 bits per heavy atom. The average Bonchev–Trinajstić information content (AvgIpc) is 3.34. The third kappa shape index (κ3) is 3.78. The van der Waals surface area contributed by atoms with Crippen molar-refractivity contribution < 1.29 is 19.4 Å². The quantitative estimate of drug-likeness (QED) is 0.540. The maximum Gasteiger partial charge on any atom is 0.232 e. The third-order valence-electron chi connectivity index (χ3n) is 6.80. The van der Waals surface area contributed by atoms with Crippen LogP contribution in [0.2, 0.25) is 0 Å². The number of ether oxygens (including phenoxy) is 2. The van der Waals surface area contributed by atoms with Gasteiger partial charge >= 0.3 is 0 Å². The number of allylic oxidation sites excluding steroid dienone is 1. The third-order valence-corrected chi connectivity index (χ3v) is 6.80. The van der Waals surface area contributed by atoms with Crippen molar-refractivity contribution in [2.45, 2.75) is 46.2 Å².